The van der Waals surface area contributed by atoms with E-state index in [1.165, 1.54) is 24.3 Å². The van der Waals surface area contributed by atoms with E-state index in [2.05, 4.69) is 17.4 Å². The number of aliphatic hydroxyl groups excluding tert-OH is 1. The van der Waals surface area contributed by atoms with Crippen LogP contribution in [0.3, 0.4) is 0 Å². The van der Waals surface area contributed by atoms with Gasteiger partial charge in [0.05, 0.1) is 41.5 Å². The molecule has 54 heavy (non-hydrogen) atoms. The summed E-state index contributed by atoms with van der Waals surface area (Å²) in [7, 11) is 0. The molecule has 8 rings (SSSR count). The first kappa shape index (κ1) is 35.7. The molecule has 3 aromatic carbocycles. The Kier molecular flexibility index (Phi) is 9.14. The zero-order valence-corrected chi connectivity index (χ0v) is 29.9. The van der Waals surface area contributed by atoms with Gasteiger partial charge in [-0.25, -0.2) is 13.2 Å². The molecule has 0 spiro atoms. The Balaban J connectivity index is 1.14. The fraction of sp³-hybridized carbons (Fsp3) is 0.390. The van der Waals surface area contributed by atoms with Crippen molar-refractivity contribution in [3.8, 4) is 24.1 Å². The number of anilines is 2. The van der Waals surface area contributed by atoms with Crippen LogP contribution < -0.4 is 14.5 Å². The lowest BCUT2D eigenvalue weighted by Crippen LogP contribution is -2.57. The molecule has 1 aromatic heterocycles. The number of likely N-dealkylation sites (tertiary alicyclic amines) is 1. The number of fused-ring (bicyclic) bond motifs is 4. The van der Waals surface area contributed by atoms with Gasteiger partial charge in [-0.1, -0.05) is 30.7 Å². The number of alkyl halides is 1. The van der Waals surface area contributed by atoms with E-state index < -0.39 is 29.7 Å². The van der Waals surface area contributed by atoms with Crippen molar-refractivity contribution in [1.82, 2.24) is 19.8 Å². The third-order valence-corrected chi connectivity index (χ3v) is 11.5. The zero-order valence-electron chi connectivity index (χ0n) is 29.9. The molecular formula is C41H41F3N6O4. The number of carbonyl (C=O) groups excluding carboxylic acids is 1. The Morgan fingerprint density at radius 1 is 1.13 bits per heavy atom. The van der Waals surface area contributed by atoms with Gasteiger partial charge in [-0.15, -0.1) is 6.42 Å². The van der Waals surface area contributed by atoms with Gasteiger partial charge in [-0.05, 0) is 61.1 Å². The first-order chi connectivity index (χ1) is 25.9. The minimum atomic E-state index is -1.08. The van der Waals surface area contributed by atoms with Gasteiger partial charge in [0, 0.05) is 61.8 Å². The van der Waals surface area contributed by atoms with Gasteiger partial charge in [0.15, 0.2) is 0 Å². The lowest BCUT2D eigenvalue weighted by atomic mass is 9.98. The van der Waals surface area contributed by atoms with Gasteiger partial charge in [0.2, 0.25) is 5.91 Å². The van der Waals surface area contributed by atoms with Crippen LogP contribution in [-0.2, 0) is 24.3 Å². The molecule has 5 atom stereocenters. The van der Waals surface area contributed by atoms with Crippen molar-refractivity contribution in [2.45, 2.75) is 69.2 Å². The highest BCUT2D eigenvalue weighted by Crippen LogP contribution is 2.41. The molecule has 0 saturated carbocycles. The number of phenolic OH excluding ortho intramolecular Hbond substituents is 1. The van der Waals surface area contributed by atoms with Crippen LogP contribution in [0.25, 0.3) is 10.8 Å². The van der Waals surface area contributed by atoms with Crippen LogP contribution in [0.1, 0.15) is 42.1 Å². The molecular weight excluding hydrogens is 697 g/mol. The Morgan fingerprint density at radius 3 is 2.67 bits per heavy atom. The van der Waals surface area contributed by atoms with E-state index in [1.807, 2.05) is 16.7 Å². The summed E-state index contributed by atoms with van der Waals surface area (Å²) in [5, 5.41) is 22.8. The first-order valence-corrected chi connectivity index (χ1v) is 18.2. The molecule has 2 N–H and O–H groups in total. The third kappa shape index (κ3) is 6.37. The van der Waals surface area contributed by atoms with Crippen molar-refractivity contribution in [3.63, 3.8) is 0 Å². The standard InChI is InChI=1S/C41H41F3N6O4/c1-4-30-32(44)11-8-25-14-29(51)16-34(38(25)30)47-13-12-31-33(21-47)45-40(46-39(31)48-20-28-15-36(52)35(22-48)50(28)37(53)5-2)54-23-41(3)17-27(43)19-49(41)18-24-6-9-26(42)10-7-24/h1,5-11,14,16,27-28,35-36,51-52H,2,12-13,15,17-23H2,3H3/t27-,28+,35+,36?,41+/m1/s1. The number of aromatic hydroxyl groups is 1. The third-order valence-electron chi connectivity index (χ3n) is 11.5. The second kappa shape index (κ2) is 13.8. The maximum absolute atomic E-state index is 15.0. The van der Waals surface area contributed by atoms with Crippen molar-refractivity contribution in [1.29, 1.82) is 0 Å². The van der Waals surface area contributed by atoms with Crippen LogP contribution in [0, 0.1) is 24.0 Å². The van der Waals surface area contributed by atoms with E-state index in [4.69, 9.17) is 21.1 Å². The summed E-state index contributed by atoms with van der Waals surface area (Å²) in [6.45, 7) is 7.74. The number of nitrogens with zero attached hydrogens (tertiary/aromatic N) is 6. The molecule has 5 heterocycles. The lowest BCUT2D eigenvalue weighted by molar-refractivity contribution is -0.130. The quantitative estimate of drug-likeness (QED) is 0.194. The van der Waals surface area contributed by atoms with Crippen LogP contribution in [0.2, 0.25) is 0 Å². The number of aromatic nitrogens is 2. The monoisotopic (exact) mass is 738 g/mol. The van der Waals surface area contributed by atoms with Crippen LogP contribution in [-0.4, -0.2) is 98.6 Å². The molecule has 4 aromatic rings. The largest absolute Gasteiger partial charge is 0.508 e. The number of halogens is 3. The number of ether oxygens (including phenoxy) is 1. The molecule has 3 saturated heterocycles. The second-order valence-corrected chi connectivity index (χ2v) is 15.0. The van der Waals surface area contributed by atoms with Crippen molar-refractivity contribution in [3.05, 3.63) is 95.2 Å². The van der Waals surface area contributed by atoms with E-state index in [-0.39, 0.29) is 61.2 Å². The molecule has 1 unspecified atom stereocenters. The molecule has 280 valence electrons. The highest BCUT2D eigenvalue weighted by molar-refractivity contribution is 6.00. The summed E-state index contributed by atoms with van der Waals surface area (Å²) in [4.78, 5) is 30.4. The molecule has 13 heteroatoms. The number of benzene rings is 3. The van der Waals surface area contributed by atoms with Crippen molar-refractivity contribution in [2.75, 3.05) is 42.6 Å². The average molecular weight is 739 g/mol. The predicted molar refractivity (Wildman–Crippen MR) is 198 cm³/mol. The summed E-state index contributed by atoms with van der Waals surface area (Å²) in [6.07, 6.45) is 6.40. The van der Waals surface area contributed by atoms with Gasteiger partial charge in [0.25, 0.3) is 0 Å². The molecule has 0 radical (unpaired) electrons. The van der Waals surface area contributed by atoms with Gasteiger partial charge in [-0.2, -0.15) is 9.97 Å². The SMILES string of the molecule is C#Cc1c(F)ccc2cc(O)cc(N3CCc4c(nc(OC[C@]5(C)C[C@@H](F)CN5Cc5ccc(F)cc5)nc4N4C[C@@H]5CC(O)[C@H](C4)N5C(=O)C=C)C3)c12. The molecule has 4 aliphatic heterocycles. The molecule has 3 fully saturated rings. The van der Waals surface area contributed by atoms with Crippen LogP contribution in [0.15, 0.2) is 61.2 Å². The fourth-order valence-electron chi connectivity index (χ4n) is 8.83. The highest BCUT2D eigenvalue weighted by atomic mass is 19.1. The highest BCUT2D eigenvalue weighted by Gasteiger charge is 2.48. The summed E-state index contributed by atoms with van der Waals surface area (Å²) in [5.74, 6) is 2.01. The minimum Gasteiger partial charge on any atom is -0.508 e. The Hall–Kier alpha value is -5.32. The van der Waals surface area contributed by atoms with E-state index in [0.29, 0.717) is 67.0 Å². The summed E-state index contributed by atoms with van der Waals surface area (Å²) in [6, 6.07) is 11.5. The zero-order chi connectivity index (χ0) is 37.9. The van der Waals surface area contributed by atoms with E-state index in [1.54, 1.807) is 35.2 Å². The topological polar surface area (TPSA) is 106 Å². The number of hydrogen-bond donors (Lipinski definition) is 2. The number of terminal acetylenes is 1. The van der Waals surface area contributed by atoms with E-state index in [9.17, 15) is 23.8 Å². The van der Waals surface area contributed by atoms with Crippen LogP contribution in [0.5, 0.6) is 11.8 Å². The Bertz CT molecular complexity index is 2180. The minimum absolute atomic E-state index is 0.00687. The van der Waals surface area contributed by atoms with Crippen LogP contribution in [0.4, 0.5) is 24.7 Å². The maximum atomic E-state index is 15.0. The lowest BCUT2D eigenvalue weighted by Gasteiger charge is -2.42. The number of aliphatic hydroxyl groups is 1. The van der Waals surface area contributed by atoms with Crippen molar-refractivity contribution < 1.29 is 32.9 Å². The van der Waals surface area contributed by atoms with Gasteiger partial charge < -0.3 is 29.6 Å². The van der Waals surface area contributed by atoms with Gasteiger partial charge >= 0.3 is 6.01 Å². The number of rotatable bonds is 8. The number of phenols is 1. The van der Waals surface area contributed by atoms with E-state index in [0.717, 1.165) is 11.1 Å². The molecule has 2 bridgehead atoms. The van der Waals surface area contributed by atoms with Crippen molar-refractivity contribution in [2.24, 2.45) is 0 Å². The average Bonchev–Trinajstić information content (AvgIpc) is 3.55. The summed E-state index contributed by atoms with van der Waals surface area (Å²) >= 11 is 0. The van der Waals surface area contributed by atoms with Gasteiger partial charge in [-0.3, -0.25) is 9.69 Å². The van der Waals surface area contributed by atoms with Crippen LogP contribution >= 0.6 is 0 Å². The van der Waals surface area contributed by atoms with Gasteiger partial charge in [0.1, 0.15) is 36.0 Å². The number of carbonyl (C=O) groups is 1. The normalized spacial score (nSPS) is 25.1. The Morgan fingerprint density at radius 2 is 1.93 bits per heavy atom. The number of piperazine rings is 1. The smallest absolute Gasteiger partial charge is 0.318 e. The fourth-order valence-corrected chi connectivity index (χ4v) is 8.83. The first-order valence-electron chi connectivity index (χ1n) is 18.2. The summed E-state index contributed by atoms with van der Waals surface area (Å²) in [5.41, 5.74) is 2.31. The summed E-state index contributed by atoms with van der Waals surface area (Å²) < 4.78 is 50.0. The number of hydrogen-bond acceptors (Lipinski definition) is 9. The van der Waals surface area contributed by atoms with Crippen molar-refractivity contribution >= 4 is 28.2 Å². The maximum Gasteiger partial charge on any atom is 0.318 e. The molecule has 10 nitrogen and oxygen atoms in total. The molecule has 0 aliphatic carbocycles. The second-order valence-electron chi connectivity index (χ2n) is 15.0. The Labute approximate surface area is 311 Å². The van der Waals surface area contributed by atoms with E-state index >= 15 is 4.39 Å². The molecule has 1 amide bonds. The number of amides is 1. The predicted octanol–water partition coefficient (Wildman–Crippen LogP) is 4.88. The molecule has 4 aliphatic rings.